The van der Waals surface area contributed by atoms with Gasteiger partial charge in [-0.2, -0.15) is 13.2 Å². The van der Waals surface area contributed by atoms with Crippen molar-refractivity contribution < 1.29 is 30.4 Å². The van der Waals surface area contributed by atoms with Gasteiger partial charge in [-0.25, -0.2) is 21.5 Å². The van der Waals surface area contributed by atoms with Crippen LogP contribution in [0.15, 0.2) is 51.5 Å². The lowest BCUT2D eigenvalue weighted by molar-refractivity contribution is -0.130. The fraction of sp³-hybridized carbons (Fsp3) is 0.542. The van der Waals surface area contributed by atoms with E-state index in [2.05, 4.69) is 16.0 Å². The van der Waals surface area contributed by atoms with Crippen LogP contribution in [0.5, 0.6) is 0 Å². The molecule has 1 saturated carbocycles. The van der Waals surface area contributed by atoms with Crippen LogP contribution in [-0.4, -0.2) is 37.7 Å². The van der Waals surface area contributed by atoms with E-state index in [0.717, 1.165) is 16.4 Å². The van der Waals surface area contributed by atoms with Gasteiger partial charge in [0.1, 0.15) is 17.3 Å². The van der Waals surface area contributed by atoms with Crippen LogP contribution >= 0.6 is 0 Å². The van der Waals surface area contributed by atoms with E-state index < -0.39 is 50.8 Å². The summed E-state index contributed by atoms with van der Waals surface area (Å²) in [4.78, 5) is 0. The number of hydrogen-bond donors (Lipinski definition) is 0. The van der Waals surface area contributed by atoms with Crippen LogP contribution in [0.25, 0.3) is 5.70 Å². The number of azo groups is 1. The number of allylic oxidation sites excluding steroid dienone is 1. The molecule has 11 heteroatoms. The van der Waals surface area contributed by atoms with Gasteiger partial charge < -0.3 is 0 Å². The number of fused-ring (bicyclic) bond motifs is 4. The minimum atomic E-state index is -4.59. The number of benzene rings is 1. The normalized spacial score (nSPS) is 25.3. The summed E-state index contributed by atoms with van der Waals surface area (Å²) in [5, 5.41) is 8.41. The van der Waals surface area contributed by atoms with Gasteiger partial charge in [0, 0.05) is 24.1 Å². The van der Waals surface area contributed by atoms with Gasteiger partial charge in [0.05, 0.1) is 23.4 Å². The average Bonchev–Trinajstić information content (AvgIpc) is 2.90. The summed E-state index contributed by atoms with van der Waals surface area (Å²) in [5.74, 6) is -2.74. The zero-order valence-corrected chi connectivity index (χ0v) is 20.4. The van der Waals surface area contributed by atoms with Gasteiger partial charge in [-0.1, -0.05) is 32.6 Å². The topological polar surface area (TPSA) is 62.1 Å². The summed E-state index contributed by atoms with van der Waals surface area (Å²) in [6.07, 6.45) is -3.29. The Morgan fingerprint density at radius 2 is 1.83 bits per heavy atom. The number of halogens is 5. The molecule has 0 spiro atoms. The quantitative estimate of drug-likeness (QED) is 0.320. The highest BCUT2D eigenvalue weighted by Crippen LogP contribution is 2.65. The first-order valence-electron chi connectivity index (χ1n) is 11.4. The Bertz CT molecular complexity index is 1260. The Labute approximate surface area is 201 Å². The summed E-state index contributed by atoms with van der Waals surface area (Å²) in [6.45, 7) is 5.41. The van der Waals surface area contributed by atoms with Gasteiger partial charge in [0.25, 0.3) is 0 Å². The fourth-order valence-corrected chi connectivity index (χ4v) is 7.12. The maximum atomic E-state index is 14.5. The van der Waals surface area contributed by atoms with Gasteiger partial charge in [-0.3, -0.25) is 0 Å². The molecule has 0 amide bonds. The van der Waals surface area contributed by atoms with Crippen LogP contribution in [0.4, 0.5) is 22.0 Å². The van der Waals surface area contributed by atoms with E-state index in [9.17, 15) is 30.4 Å². The molecule has 2 aliphatic carbocycles. The molecular formula is C24H26F5N3O2S. The standard InChI is InChI=1S/C24H26F5N3O2S/c1-4-32(35(33,34)11-10-24(27,28)29)14-23-9-8-16(22(23,2)3)15-12-19(30-31-20(23)13-15)21-17(25)6-5-7-18(21)26/h5-7,12,16H,4,8-11,14H2,1-3H3/t16-,23-/m0/s1. The maximum absolute atomic E-state index is 14.5. The van der Waals surface area contributed by atoms with Crippen molar-refractivity contribution in [3.05, 3.63) is 58.5 Å². The number of alkyl halides is 3. The highest BCUT2D eigenvalue weighted by molar-refractivity contribution is 7.89. The SMILES string of the molecule is CCN(C[C@@]12CC[C@@H](C3=C=C1N=NC(c1c(F)cccc1F)=C3)C2(C)C)S(=O)(=O)CCC(F)(F)F. The zero-order valence-electron chi connectivity index (χ0n) is 19.6. The van der Waals surface area contributed by atoms with Crippen molar-refractivity contribution in [2.45, 2.75) is 46.2 Å². The Hall–Kier alpha value is -2.36. The number of hydrogen-bond acceptors (Lipinski definition) is 4. The molecule has 0 N–H and O–H groups in total. The van der Waals surface area contributed by atoms with E-state index >= 15 is 0 Å². The lowest BCUT2D eigenvalue weighted by Gasteiger charge is -2.47. The Balaban J connectivity index is 1.73. The summed E-state index contributed by atoms with van der Waals surface area (Å²) in [5.41, 5.74) is 2.47. The molecule has 1 fully saturated rings. The Morgan fingerprint density at radius 3 is 2.43 bits per heavy atom. The fourth-order valence-electron chi connectivity index (χ4n) is 5.56. The minimum absolute atomic E-state index is 0.00162. The highest BCUT2D eigenvalue weighted by atomic mass is 32.2. The first kappa shape index (κ1) is 25.7. The first-order chi connectivity index (χ1) is 16.2. The summed E-state index contributed by atoms with van der Waals surface area (Å²) in [6, 6.07) is 3.50. The lowest BCUT2D eigenvalue weighted by Crippen LogP contribution is -2.50. The zero-order chi connectivity index (χ0) is 25.8. The van der Waals surface area contributed by atoms with Crippen molar-refractivity contribution in [2.75, 3.05) is 18.8 Å². The molecule has 0 unspecified atom stereocenters. The number of sulfonamides is 1. The van der Waals surface area contributed by atoms with E-state index in [1.54, 1.807) is 13.0 Å². The first-order valence-corrected chi connectivity index (χ1v) is 13.0. The van der Waals surface area contributed by atoms with Crippen LogP contribution in [-0.2, 0) is 10.0 Å². The Kier molecular flexibility index (Phi) is 6.35. The number of nitrogens with zero attached hydrogens (tertiary/aromatic N) is 3. The molecule has 2 atom stereocenters. The van der Waals surface area contributed by atoms with Gasteiger partial charge in [-0.15, -0.1) is 10.2 Å². The largest absolute Gasteiger partial charge is 0.390 e. The molecule has 35 heavy (non-hydrogen) atoms. The predicted octanol–water partition coefficient (Wildman–Crippen LogP) is 6.22. The van der Waals surface area contributed by atoms with Crippen LogP contribution in [0, 0.1) is 28.4 Å². The van der Waals surface area contributed by atoms with E-state index in [1.165, 1.54) is 6.07 Å². The van der Waals surface area contributed by atoms with Gasteiger partial charge in [0.15, 0.2) is 0 Å². The van der Waals surface area contributed by atoms with E-state index in [1.807, 2.05) is 13.8 Å². The maximum Gasteiger partial charge on any atom is 0.390 e. The van der Waals surface area contributed by atoms with Gasteiger partial charge in [0.2, 0.25) is 10.0 Å². The molecule has 1 heterocycles. The molecule has 3 aliphatic rings. The molecule has 0 saturated heterocycles. The second-order valence-corrected chi connectivity index (χ2v) is 11.8. The van der Waals surface area contributed by atoms with Crippen LogP contribution in [0.2, 0.25) is 0 Å². The molecule has 1 aliphatic heterocycles. The van der Waals surface area contributed by atoms with Crippen molar-refractivity contribution in [1.82, 2.24) is 4.31 Å². The van der Waals surface area contributed by atoms with Crippen LogP contribution < -0.4 is 0 Å². The highest BCUT2D eigenvalue weighted by Gasteiger charge is 2.61. The average molecular weight is 516 g/mol. The summed E-state index contributed by atoms with van der Waals surface area (Å²) in [7, 11) is -4.21. The van der Waals surface area contributed by atoms with Gasteiger partial charge in [-0.05, 0) is 42.4 Å². The molecule has 1 aromatic carbocycles. The minimum Gasteiger partial charge on any atom is -0.212 e. The summed E-state index contributed by atoms with van der Waals surface area (Å²) >= 11 is 0. The van der Waals surface area contributed by atoms with Crippen LogP contribution in [0.3, 0.4) is 0 Å². The molecule has 0 radical (unpaired) electrons. The molecule has 5 nitrogen and oxygen atoms in total. The van der Waals surface area contributed by atoms with Crippen LogP contribution in [0.1, 0.15) is 45.6 Å². The van der Waals surface area contributed by atoms with Crippen molar-refractivity contribution in [2.24, 2.45) is 27.0 Å². The second kappa shape index (κ2) is 8.64. The van der Waals surface area contributed by atoms with Gasteiger partial charge >= 0.3 is 6.18 Å². The lowest BCUT2D eigenvalue weighted by atomic mass is 9.59. The summed E-state index contributed by atoms with van der Waals surface area (Å²) < 4.78 is 93.9. The van der Waals surface area contributed by atoms with E-state index in [4.69, 9.17) is 0 Å². The molecule has 1 aromatic rings. The second-order valence-electron chi connectivity index (χ2n) is 9.76. The third-order valence-electron chi connectivity index (χ3n) is 7.66. The van der Waals surface area contributed by atoms with Crippen molar-refractivity contribution in [1.29, 1.82) is 0 Å². The van der Waals surface area contributed by atoms with Crippen molar-refractivity contribution in [3.8, 4) is 0 Å². The monoisotopic (exact) mass is 515 g/mol. The third-order valence-corrected chi connectivity index (χ3v) is 9.55. The predicted molar refractivity (Wildman–Crippen MR) is 120 cm³/mol. The smallest absolute Gasteiger partial charge is 0.212 e. The third kappa shape index (κ3) is 4.38. The number of rotatable bonds is 7. The molecule has 0 aromatic heterocycles. The van der Waals surface area contributed by atoms with Crippen molar-refractivity contribution >= 4 is 15.7 Å². The molecule has 4 bridgehead atoms. The molecular weight excluding hydrogens is 489 g/mol. The van der Waals surface area contributed by atoms with Crippen molar-refractivity contribution in [3.63, 3.8) is 0 Å². The van der Waals surface area contributed by atoms with E-state index in [-0.39, 0.29) is 30.3 Å². The Morgan fingerprint density at radius 1 is 1.17 bits per heavy atom. The van der Waals surface area contributed by atoms with E-state index in [0.29, 0.717) is 24.1 Å². The molecule has 190 valence electrons. The molecule has 4 rings (SSSR count).